The molecule has 1 atom stereocenters. The van der Waals surface area contributed by atoms with Crippen molar-refractivity contribution in [2.24, 2.45) is 0 Å². The van der Waals surface area contributed by atoms with E-state index in [4.69, 9.17) is 9.72 Å². The number of rotatable bonds is 2. The van der Waals surface area contributed by atoms with Gasteiger partial charge in [-0.25, -0.2) is 4.98 Å². The van der Waals surface area contributed by atoms with Crippen molar-refractivity contribution in [2.45, 2.75) is 19.9 Å². The van der Waals surface area contributed by atoms with Gasteiger partial charge in [0.1, 0.15) is 11.6 Å². The zero-order valence-electron chi connectivity index (χ0n) is 15.3. The molecule has 6 nitrogen and oxygen atoms in total. The smallest absolute Gasteiger partial charge is 0.265 e. The molecule has 27 heavy (non-hydrogen) atoms. The molecular formula is C21H19N3O3. The Morgan fingerprint density at radius 3 is 2.44 bits per heavy atom. The summed E-state index contributed by atoms with van der Waals surface area (Å²) in [6.07, 6.45) is 1.48. The minimum atomic E-state index is -0.420. The Hall–Kier alpha value is -3.41. The average Bonchev–Trinajstić information content (AvgIpc) is 2.76. The number of aromatic nitrogens is 2. The molecule has 3 aromatic rings. The monoisotopic (exact) mass is 361 g/mol. The molecule has 0 aliphatic carbocycles. The molecule has 2 heterocycles. The minimum absolute atomic E-state index is 0.166. The van der Waals surface area contributed by atoms with Crippen molar-refractivity contribution < 1.29 is 9.53 Å². The van der Waals surface area contributed by atoms with Gasteiger partial charge in [-0.1, -0.05) is 12.1 Å². The fourth-order valence-corrected chi connectivity index (χ4v) is 3.48. The molecule has 4 rings (SSSR count). The largest absolute Gasteiger partial charge is 0.497 e. The number of methoxy groups -OCH3 is 1. The molecule has 136 valence electrons. The third-order valence-corrected chi connectivity index (χ3v) is 4.84. The highest BCUT2D eigenvalue weighted by molar-refractivity contribution is 6.05. The predicted octanol–water partition coefficient (Wildman–Crippen LogP) is 3.37. The van der Waals surface area contributed by atoms with Gasteiger partial charge in [0, 0.05) is 17.5 Å². The number of allylic oxidation sites excluding steroid dienone is 1. The Morgan fingerprint density at radius 1 is 1.04 bits per heavy atom. The molecule has 0 fully saturated rings. The first kappa shape index (κ1) is 17.0. The number of hydrogen-bond donors (Lipinski definition) is 0. The molecule has 0 N–H and O–H groups in total. The molecule has 2 aromatic carbocycles. The summed E-state index contributed by atoms with van der Waals surface area (Å²) >= 11 is 0. The van der Waals surface area contributed by atoms with Gasteiger partial charge in [-0.15, -0.1) is 0 Å². The number of nitrogens with zero attached hydrogens (tertiary/aromatic N) is 3. The van der Waals surface area contributed by atoms with Crippen molar-refractivity contribution in [3.63, 3.8) is 0 Å². The quantitative estimate of drug-likeness (QED) is 0.702. The number of carbonyl (C=O) groups is 1. The summed E-state index contributed by atoms with van der Waals surface area (Å²) in [5, 5.41) is 0.534. The number of anilines is 1. The van der Waals surface area contributed by atoms with E-state index in [1.807, 2.05) is 37.3 Å². The van der Waals surface area contributed by atoms with Crippen LogP contribution in [0.2, 0.25) is 0 Å². The maximum Gasteiger partial charge on any atom is 0.265 e. The van der Waals surface area contributed by atoms with E-state index in [9.17, 15) is 9.59 Å². The number of amides is 1. The van der Waals surface area contributed by atoms with E-state index in [1.165, 1.54) is 10.6 Å². The summed E-state index contributed by atoms with van der Waals surface area (Å²) in [5.74, 6) is 1.05. The second-order valence-corrected chi connectivity index (χ2v) is 6.50. The Balaban J connectivity index is 1.94. The van der Waals surface area contributed by atoms with Crippen molar-refractivity contribution in [2.75, 3.05) is 12.0 Å². The van der Waals surface area contributed by atoms with Gasteiger partial charge >= 0.3 is 0 Å². The molecule has 1 amide bonds. The first-order valence-corrected chi connectivity index (χ1v) is 8.69. The standard InChI is InChI=1S/C21H19N3O3/c1-13-12-19(25)24(15-8-10-16(27-3)11-9-15)14(2)20-22-18-7-5-4-6-17(18)21(26)23(13)20/h4-12,14H,1-3H3. The van der Waals surface area contributed by atoms with Crippen LogP contribution in [0.1, 0.15) is 25.7 Å². The molecule has 6 heteroatoms. The third kappa shape index (κ3) is 2.70. The van der Waals surface area contributed by atoms with Gasteiger partial charge in [0.15, 0.2) is 0 Å². The Morgan fingerprint density at radius 2 is 1.74 bits per heavy atom. The zero-order valence-corrected chi connectivity index (χ0v) is 15.3. The van der Waals surface area contributed by atoms with Crippen LogP contribution in [0, 0.1) is 0 Å². The molecule has 1 unspecified atom stereocenters. The van der Waals surface area contributed by atoms with Gasteiger partial charge in [0.2, 0.25) is 0 Å². The summed E-state index contributed by atoms with van der Waals surface area (Å²) in [5.41, 5.74) is 1.73. The Labute approximate surface area is 156 Å². The molecule has 0 radical (unpaired) electrons. The zero-order chi connectivity index (χ0) is 19.1. The van der Waals surface area contributed by atoms with Crippen LogP contribution in [0.5, 0.6) is 5.75 Å². The molecular weight excluding hydrogens is 342 g/mol. The van der Waals surface area contributed by atoms with E-state index in [2.05, 4.69) is 0 Å². The molecule has 1 aromatic heterocycles. The third-order valence-electron chi connectivity index (χ3n) is 4.84. The number of hydrogen-bond acceptors (Lipinski definition) is 4. The van der Waals surface area contributed by atoms with Gasteiger partial charge in [0.25, 0.3) is 11.5 Å². The van der Waals surface area contributed by atoms with E-state index in [0.29, 0.717) is 33.9 Å². The number of carbonyl (C=O) groups excluding carboxylic acids is 1. The Kier molecular flexibility index (Phi) is 4.03. The summed E-state index contributed by atoms with van der Waals surface area (Å²) < 4.78 is 6.74. The summed E-state index contributed by atoms with van der Waals surface area (Å²) in [4.78, 5) is 32.3. The van der Waals surface area contributed by atoms with Crippen LogP contribution >= 0.6 is 0 Å². The first-order chi connectivity index (χ1) is 13.0. The van der Waals surface area contributed by atoms with Crippen LogP contribution in [0.15, 0.2) is 59.4 Å². The fraction of sp³-hybridized carbons (Fsp3) is 0.190. The van der Waals surface area contributed by atoms with Crippen LogP contribution in [0.4, 0.5) is 5.69 Å². The topological polar surface area (TPSA) is 64.4 Å². The van der Waals surface area contributed by atoms with Crippen molar-refractivity contribution in [3.05, 3.63) is 70.8 Å². The maximum absolute atomic E-state index is 13.1. The van der Waals surface area contributed by atoms with Crippen LogP contribution < -0.4 is 15.2 Å². The fourth-order valence-electron chi connectivity index (χ4n) is 3.48. The van der Waals surface area contributed by atoms with Crippen molar-refractivity contribution in [1.29, 1.82) is 0 Å². The highest BCUT2D eigenvalue weighted by Crippen LogP contribution is 2.31. The SMILES string of the molecule is COc1ccc(N2C(=O)C=C(C)n3c(nc4ccccc4c3=O)C2C)cc1. The van der Waals surface area contributed by atoms with Crippen LogP contribution in [-0.2, 0) is 4.79 Å². The lowest BCUT2D eigenvalue weighted by Gasteiger charge is -2.27. The number of benzene rings is 2. The maximum atomic E-state index is 13.1. The van der Waals surface area contributed by atoms with Gasteiger partial charge in [-0.05, 0) is 50.2 Å². The number of fused-ring (bicyclic) bond motifs is 2. The number of ether oxygens (including phenoxy) is 1. The summed E-state index contributed by atoms with van der Waals surface area (Å²) in [6, 6.07) is 14.1. The Bertz CT molecular complexity index is 1130. The lowest BCUT2D eigenvalue weighted by Crippen LogP contribution is -2.34. The van der Waals surface area contributed by atoms with Gasteiger partial charge < -0.3 is 4.74 Å². The normalized spacial score (nSPS) is 16.7. The molecule has 1 aliphatic heterocycles. The summed E-state index contributed by atoms with van der Waals surface area (Å²) in [7, 11) is 1.60. The van der Waals surface area contributed by atoms with Gasteiger partial charge in [0.05, 0.1) is 24.1 Å². The first-order valence-electron chi connectivity index (χ1n) is 8.69. The molecule has 0 bridgehead atoms. The highest BCUT2D eigenvalue weighted by Gasteiger charge is 2.30. The molecule has 0 spiro atoms. The molecule has 1 aliphatic rings. The van der Waals surface area contributed by atoms with Crippen LogP contribution in [0.3, 0.4) is 0 Å². The van der Waals surface area contributed by atoms with Crippen LogP contribution in [-0.4, -0.2) is 22.6 Å². The highest BCUT2D eigenvalue weighted by atomic mass is 16.5. The molecule has 0 saturated carbocycles. The van der Waals surface area contributed by atoms with Crippen molar-refractivity contribution in [3.8, 4) is 5.75 Å². The second kappa shape index (κ2) is 6.39. The van der Waals surface area contributed by atoms with Crippen molar-refractivity contribution in [1.82, 2.24) is 9.55 Å². The van der Waals surface area contributed by atoms with E-state index in [1.54, 1.807) is 37.1 Å². The molecule has 0 saturated heterocycles. The minimum Gasteiger partial charge on any atom is -0.497 e. The predicted molar refractivity (Wildman–Crippen MR) is 105 cm³/mol. The van der Waals surface area contributed by atoms with E-state index >= 15 is 0 Å². The van der Waals surface area contributed by atoms with Gasteiger partial charge in [-0.2, -0.15) is 0 Å². The van der Waals surface area contributed by atoms with E-state index < -0.39 is 6.04 Å². The van der Waals surface area contributed by atoms with E-state index in [0.717, 1.165) is 0 Å². The van der Waals surface area contributed by atoms with E-state index in [-0.39, 0.29) is 11.5 Å². The second-order valence-electron chi connectivity index (χ2n) is 6.50. The number of para-hydroxylation sites is 1. The lowest BCUT2D eigenvalue weighted by molar-refractivity contribution is -0.114. The van der Waals surface area contributed by atoms with Gasteiger partial charge in [-0.3, -0.25) is 19.1 Å². The average molecular weight is 361 g/mol. The summed E-state index contributed by atoms with van der Waals surface area (Å²) in [6.45, 7) is 3.63. The lowest BCUT2D eigenvalue weighted by atomic mass is 10.2. The van der Waals surface area contributed by atoms with Crippen LogP contribution in [0.25, 0.3) is 16.6 Å². The van der Waals surface area contributed by atoms with Crippen molar-refractivity contribution >= 4 is 28.2 Å².